The van der Waals surface area contributed by atoms with E-state index in [1.807, 2.05) is 34.9 Å². The van der Waals surface area contributed by atoms with Crippen molar-refractivity contribution < 1.29 is 4.52 Å². The monoisotopic (exact) mass is 350 g/mol. The van der Waals surface area contributed by atoms with E-state index in [4.69, 9.17) is 9.51 Å². The van der Waals surface area contributed by atoms with Crippen LogP contribution in [0.3, 0.4) is 0 Å². The van der Waals surface area contributed by atoms with Gasteiger partial charge in [-0.2, -0.15) is 0 Å². The standard InChI is InChI=1S/C20H22N4O2/c25-20-16-4-1-2-5-17(16)22-19(24(20)12-14-7-8-14)18-6-3-11-23(18)13-15-9-10-21-26-15/h1-2,4-5,9-10,14,18H,3,6-8,11-13H2. The van der Waals surface area contributed by atoms with Gasteiger partial charge < -0.3 is 4.52 Å². The van der Waals surface area contributed by atoms with E-state index in [2.05, 4.69) is 10.1 Å². The molecule has 0 radical (unpaired) electrons. The van der Waals surface area contributed by atoms with E-state index in [1.165, 1.54) is 12.8 Å². The van der Waals surface area contributed by atoms with E-state index in [9.17, 15) is 4.79 Å². The van der Waals surface area contributed by atoms with Crippen LogP contribution in [0.2, 0.25) is 0 Å². The topological polar surface area (TPSA) is 64.2 Å². The van der Waals surface area contributed by atoms with E-state index in [1.54, 1.807) is 6.20 Å². The largest absolute Gasteiger partial charge is 0.360 e. The molecule has 0 amide bonds. The average Bonchev–Trinajstić information content (AvgIpc) is 3.13. The van der Waals surface area contributed by atoms with Gasteiger partial charge in [0.1, 0.15) is 5.82 Å². The van der Waals surface area contributed by atoms with Gasteiger partial charge in [-0.15, -0.1) is 0 Å². The molecule has 3 aromatic rings. The fourth-order valence-electron chi connectivity index (χ4n) is 4.01. The Labute approximate surface area is 151 Å². The summed E-state index contributed by atoms with van der Waals surface area (Å²) in [7, 11) is 0. The second-order valence-corrected chi connectivity index (χ2v) is 7.45. The molecule has 134 valence electrons. The van der Waals surface area contributed by atoms with E-state index < -0.39 is 0 Å². The molecule has 3 heterocycles. The molecule has 2 aromatic heterocycles. The van der Waals surface area contributed by atoms with Crippen LogP contribution in [0.15, 0.2) is 45.8 Å². The lowest BCUT2D eigenvalue weighted by Crippen LogP contribution is -2.32. The maximum atomic E-state index is 13.2. The van der Waals surface area contributed by atoms with Gasteiger partial charge in [-0.05, 0) is 50.3 Å². The lowest BCUT2D eigenvalue weighted by Gasteiger charge is -2.25. The first-order chi connectivity index (χ1) is 12.8. The molecule has 26 heavy (non-hydrogen) atoms. The summed E-state index contributed by atoms with van der Waals surface area (Å²) in [5.74, 6) is 2.39. The number of nitrogens with zero attached hydrogens (tertiary/aromatic N) is 4. The molecule has 6 heteroatoms. The maximum Gasteiger partial charge on any atom is 0.261 e. The third-order valence-electron chi connectivity index (χ3n) is 5.54. The molecule has 2 fully saturated rings. The molecular weight excluding hydrogens is 328 g/mol. The summed E-state index contributed by atoms with van der Waals surface area (Å²) in [5.41, 5.74) is 0.898. The number of para-hydroxylation sites is 1. The van der Waals surface area contributed by atoms with Gasteiger partial charge in [-0.25, -0.2) is 4.98 Å². The lowest BCUT2D eigenvalue weighted by atomic mass is 10.1. The van der Waals surface area contributed by atoms with Gasteiger partial charge >= 0.3 is 0 Å². The summed E-state index contributed by atoms with van der Waals surface area (Å²) in [6, 6.07) is 9.75. The Balaban J connectivity index is 1.58. The molecule has 5 rings (SSSR count). The molecule has 1 aliphatic carbocycles. The summed E-state index contributed by atoms with van der Waals surface area (Å²) in [6.45, 7) is 2.48. The third kappa shape index (κ3) is 2.84. The SMILES string of the molecule is O=c1c2ccccc2nc(C2CCCN2Cc2ccno2)n1CC1CC1. The Morgan fingerprint density at radius 2 is 2.04 bits per heavy atom. The zero-order valence-corrected chi connectivity index (χ0v) is 14.7. The molecule has 1 unspecified atom stereocenters. The highest BCUT2D eigenvalue weighted by Crippen LogP contribution is 2.35. The molecule has 1 aliphatic heterocycles. The Morgan fingerprint density at radius 3 is 2.85 bits per heavy atom. The molecular formula is C20H22N4O2. The van der Waals surface area contributed by atoms with Crippen LogP contribution in [0, 0.1) is 5.92 Å². The van der Waals surface area contributed by atoms with Gasteiger partial charge in [0.05, 0.1) is 29.7 Å². The van der Waals surface area contributed by atoms with Crippen LogP contribution in [0.25, 0.3) is 10.9 Å². The van der Waals surface area contributed by atoms with E-state index in [0.717, 1.165) is 48.4 Å². The molecule has 1 saturated carbocycles. The van der Waals surface area contributed by atoms with Crippen molar-refractivity contribution in [2.45, 2.75) is 44.8 Å². The van der Waals surface area contributed by atoms with Crippen molar-refractivity contribution in [2.75, 3.05) is 6.54 Å². The number of likely N-dealkylation sites (tertiary alicyclic amines) is 1. The van der Waals surface area contributed by atoms with Crippen LogP contribution in [0.5, 0.6) is 0 Å². The fraction of sp³-hybridized carbons (Fsp3) is 0.450. The smallest absolute Gasteiger partial charge is 0.261 e. The molecule has 0 spiro atoms. The van der Waals surface area contributed by atoms with Crippen molar-refractivity contribution >= 4 is 10.9 Å². The molecule has 0 bridgehead atoms. The number of hydrogen-bond acceptors (Lipinski definition) is 5. The Hall–Kier alpha value is -2.47. The molecule has 1 aromatic carbocycles. The number of hydrogen-bond donors (Lipinski definition) is 0. The molecule has 1 atom stereocenters. The number of fused-ring (bicyclic) bond motifs is 1. The predicted molar refractivity (Wildman–Crippen MR) is 97.6 cm³/mol. The van der Waals surface area contributed by atoms with E-state index in [0.29, 0.717) is 12.5 Å². The normalized spacial score (nSPS) is 20.8. The van der Waals surface area contributed by atoms with Crippen LogP contribution in [0.1, 0.15) is 43.3 Å². The highest BCUT2D eigenvalue weighted by molar-refractivity contribution is 5.77. The Morgan fingerprint density at radius 1 is 1.15 bits per heavy atom. The lowest BCUT2D eigenvalue weighted by molar-refractivity contribution is 0.205. The summed E-state index contributed by atoms with van der Waals surface area (Å²) in [6.07, 6.45) is 6.22. The summed E-state index contributed by atoms with van der Waals surface area (Å²) in [4.78, 5) is 20.5. The first-order valence-corrected chi connectivity index (χ1v) is 9.42. The van der Waals surface area contributed by atoms with Crippen LogP contribution < -0.4 is 5.56 Å². The van der Waals surface area contributed by atoms with Crippen molar-refractivity contribution in [1.29, 1.82) is 0 Å². The van der Waals surface area contributed by atoms with E-state index in [-0.39, 0.29) is 11.6 Å². The van der Waals surface area contributed by atoms with Gasteiger partial charge in [0.2, 0.25) is 0 Å². The van der Waals surface area contributed by atoms with Gasteiger partial charge in [0, 0.05) is 12.6 Å². The second-order valence-electron chi connectivity index (χ2n) is 7.45. The second kappa shape index (κ2) is 6.36. The number of benzene rings is 1. The van der Waals surface area contributed by atoms with Crippen LogP contribution in [0.4, 0.5) is 0 Å². The minimum atomic E-state index is 0.101. The molecule has 6 nitrogen and oxygen atoms in total. The fourth-order valence-corrected chi connectivity index (χ4v) is 4.01. The van der Waals surface area contributed by atoms with Crippen molar-refractivity contribution in [1.82, 2.24) is 19.6 Å². The molecule has 0 N–H and O–H groups in total. The summed E-state index contributed by atoms with van der Waals surface area (Å²) >= 11 is 0. The van der Waals surface area contributed by atoms with Crippen LogP contribution in [-0.2, 0) is 13.1 Å². The molecule has 2 aliphatic rings. The Kier molecular flexibility index (Phi) is 3.85. The highest BCUT2D eigenvalue weighted by Gasteiger charge is 2.32. The summed E-state index contributed by atoms with van der Waals surface area (Å²) < 4.78 is 7.25. The molecule has 1 saturated heterocycles. The zero-order chi connectivity index (χ0) is 17.5. The minimum Gasteiger partial charge on any atom is -0.360 e. The number of rotatable bonds is 5. The van der Waals surface area contributed by atoms with Gasteiger partial charge in [0.25, 0.3) is 5.56 Å². The van der Waals surface area contributed by atoms with Crippen molar-refractivity contribution in [3.8, 4) is 0 Å². The maximum absolute atomic E-state index is 13.2. The van der Waals surface area contributed by atoms with Gasteiger partial charge in [-0.3, -0.25) is 14.3 Å². The quantitative estimate of drug-likeness (QED) is 0.707. The van der Waals surface area contributed by atoms with E-state index >= 15 is 0 Å². The van der Waals surface area contributed by atoms with Crippen molar-refractivity contribution in [3.63, 3.8) is 0 Å². The highest BCUT2D eigenvalue weighted by atomic mass is 16.5. The zero-order valence-electron chi connectivity index (χ0n) is 14.7. The number of aromatic nitrogens is 3. The Bertz CT molecular complexity index is 975. The van der Waals surface area contributed by atoms with Crippen molar-refractivity contribution in [3.05, 3.63) is 58.5 Å². The van der Waals surface area contributed by atoms with Gasteiger partial charge in [0.15, 0.2) is 5.76 Å². The predicted octanol–water partition coefficient (Wildman–Crippen LogP) is 3.13. The van der Waals surface area contributed by atoms with Gasteiger partial charge in [-0.1, -0.05) is 17.3 Å². The van der Waals surface area contributed by atoms with Crippen LogP contribution in [-0.4, -0.2) is 26.2 Å². The van der Waals surface area contributed by atoms with Crippen molar-refractivity contribution in [2.24, 2.45) is 5.92 Å². The third-order valence-corrected chi connectivity index (χ3v) is 5.54. The van der Waals surface area contributed by atoms with Crippen LogP contribution >= 0.6 is 0 Å². The first kappa shape index (κ1) is 15.8. The average molecular weight is 350 g/mol. The summed E-state index contributed by atoms with van der Waals surface area (Å²) in [5, 5.41) is 4.53. The minimum absolute atomic E-state index is 0.101. The first-order valence-electron chi connectivity index (χ1n) is 9.42.